The van der Waals surface area contributed by atoms with E-state index >= 15 is 0 Å². The van der Waals surface area contributed by atoms with Crippen molar-refractivity contribution in [1.29, 1.82) is 0 Å². The van der Waals surface area contributed by atoms with Gasteiger partial charge in [0, 0.05) is 54.0 Å². The first-order valence-electron chi connectivity index (χ1n) is 14.8. The lowest BCUT2D eigenvalue weighted by atomic mass is 10.0. The molecule has 40 heavy (non-hydrogen) atoms. The SMILES string of the molecule is Cc1cc(Nc2cc(N3CCC(N4CCCC4)CC3)nc(Sc3ccc(NC(=O)CC4CCCC4)cc3)n2)n[nH]1. The number of piperidine rings is 1. The number of hydrogen-bond acceptors (Lipinski definition) is 8. The summed E-state index contributed by atoms with van der Waals surface area (Å²) in [5.41, 5.74) is 1.82. The predicted octanol–water partition coefficient (Wildman–Crippen LogP) is 5.99. The lowest BCUT2D eigenvalue weighted by Gasteiger charge is -2.37. The van der Waals surface area contributed by atoms with Gasteiger partial charge in [-0.2, -0.15) is 5.10 Å². The summed E-state index contributed by atoms with van der Waals surface area (Å²) in [5, 5.41) is 14.4. The van der Waals surface area contributed by atoms with Crippen LogP contribution in [0.2, 0.25) is 0 Å². The number of rotatable bonds is 9. The number of H-pyrrole nitrogens is 1. The van der Waals surface area contributed by atoms with Gasteiger partial charge in [0.1, 0.15) is 11.6 Å². The molecule has 0 bridgehead atoms. The number of hydrogen-bond donors (Lipinski definition) is 3. The predicted molar refractivity (Wildman–Crippen MR) is 160 cm³/mol. The Balaban J connectivity index is 1.14. The van der Waals surface area contributed by atoms with Crippen LogP contribution in [-0.4, -0.2) is 63.2 Å². The molecule has 0 radical (unpaired) electrons. The van der Waals surface area contributed by atoms with Crippen LogP contribution in [0.3, 0.4) is 0 Å². The standard InChI is InChI=1S/C30H40N8OS/c1-21-18-27(36-35-21)32-26-20-28(38-16-12-24(13-17-38)37-14-4-5-15-37)34-30(33-26)40-25-10-8-23(9-11-25)31-29(39)19-22-6-2-3-7-22/h8-11,18,20,22,24H,2-7,12-17,19H2,1H3,(H,31,39)(H2,32,33,34,35,36). The van der Waals surface area contributed by atoms with Gasteiger partial charge in [0.15, 0.2) is 11.0 Å². The summed E-state index contributed by atoms with van der Waals surface area (Å²) in [6, 6.07) is 12.7. The van der Waals surface area contributed by atoms with E-state index in [1.165, 1.54) is 76.2 Å². The van der Waals surface area contributed by atoms with Crippen LogP contribution in [0.25, 0.3) is 0 Å². The number of benzene rings is 1. The van der Waals surface area contributed by atoms with Crippen LogP contribution < -0.4 is 15.5 Å². The molecule has 9 nitrogen and oxygen atoms in total. The molecule has 4 heterocycles. The van der Waals surface area contributed by atoms with Gasteiger partial charge in [0.25, 0.3) is 0 Å². The molecule has 2 saturated heterocycles. The maximum atomic E-state index is 12.5. The van der Waals surface area contributed by atoms with Crippen molar-refractivity contribution < 1.29 is 4.79 Å². The lowest BCUT2D eigenvalue weighted by molar-refractivity contribution is -0.117. The maximum Gasteiger partial charge on any atom is 0.224 e. The smallest absolute Gasteiger partial charge is 0.224 e. The number of carbonyl (C=O) groups is 1. The average molecular weight is 561 g/mol. The Labute approximate surface area is 240 Å². The molecule has 3 aromatic rings. The fourth-order valence-corrected chi connectivity index (χ4v) is 7.03. The minimum absolute atomic E-state index is 0.112. The Bertz CT molecular complexity index is 1280. The number of amides is 1. The molecule has 212 valence electrons. The highest BCUT2D eigenvalue weighted by Crippen LogP contribution is 2.32. The van der Waals surface area contributed by atoms with Crippen LogP contribution in [0.5, 0.6) is 0 Å². The fourth-order valence-electron chi connectivity index (χ4n) is 6.27. The van der Waals surface area contributed by atoms with Crippen molar-refractivity contribution in [2.75, 3.05) is 41.7 Å². The highest BCUT2D eigenvalue weighted by molar-refractivity contribution is 7.99. The topological polar surface area (TPSA) is 102 Å². The van der Waals surface area contributed by atoms with E-state index in [-0.39, 0.29) is 5.91 Å². The molecule has 1 aliphatic carbocycles. The molecular weight excluding hydrogens is 520 g/mol. The van der Waals surface area contributed by atoms with Gasteiger partial charge in [-0.25, -0.2) is 9.97 Å². The number of aromatic nitrogens is 4. The number of nitrogens with one attached hydrogen (secondary N) is 3. The Kier molecular flexibility index (Phi) is 8.53. The number of carbonyl (C=O) groups excluding carboxylic acids is 1. The molecule has 6 rings (SSSR count). The summed E-state index contributed by atoms with van der Waals surface area (Å²) in [5.74, 6) is 3.07. The van der Waals surface area contributed by atoms with Gasteiger partial charge < -0.3 is 20.4 Å². The van der Waals surface area contributed by atoms with E-state index in [1.807, 2.05) is 43.3 Å². The Hall–Kier alpha value is -3.11. The van der Waals surface area contributed by atoms with E-state index in [2.05, 4.69) is 30.6 Å². The lowest BCUT2D eigenvalue weighted by Crippen LogP contribution is -2.44. The number of nitrogens with zero attached hydrogens (tertiary/aromatic N) is 5. The Morgan fingerprint density at radius 3 is 2.40 bits per heavy atom. The van der Waals surface area contributed by atoms with E-state index in [1.54, 1.807) is 0 Å². The van der Waals surface area contributed by atoms with E-state index < -0.39 is 0 Å². The Morgan fingerprint density at radius 2 is 1.70 bits per heavy atom. The highest BCUT2D eigenvalue weighted by Gasteiger charge is 2.27. The summed E-state index contributed by atoms with van der Waals surface area (Å²) in [7, 11) is 0. The normalized spacial score (nSPS) is 18.9. The van der Waals surface area contributed by atoms with Crippen LogP contribution in [0.4, 0.5) is 23.1 Å². The Morgan fingerprint density at radius 1 is 0.950 bits per heavy atom. The van der Waals surface area contributed by atoms with E-state index in [0.717, 1.165) is 46.8 Å². The summed E-state index contributed by atoms with van der Waals surface area (Å²) in [4.78, 5) is 28.3. The van der Waals surface area contributed by atoms with Gasteiger partial charge in [-0.15, -0.1) is 0 Å². The van der Waals surface area contributed by atoms with Crippen LogP contribution in [0, 0.1) is 12.8 Å². The average Bonchev–Trinajstić information content (AvgIpc) is 3.74. The van der Waals surface area contributed by atoms with E-state index in [9.17, 15) is 4.79 Å². The third-order valence-electron chi connectivity index (χ3n) is 8.40. The van der Waals surface area contributed by atoms with Crippen LogP contribution >= 0.6 is 11.8 Å². The first-order chi connectivity index (χ1) is 19.6. The minimum atomic E-state index is 0.112. The van der Waals surface area contributed by atoms with Crippen molar-refractivity contribution in [2.45, 2.75) is 80.8 Å². The number of likely N-dealkylation sites (tertiary alicyclic amines) is 1. The molecule has 0 atom stereocenters. The summed E-state index contributed by atoms with van der Waals surface area (Å²) < 4.78 is 0. The van der Waals surface area contributed by atoms with Crippen molar-refractivity contribution in [3.63, 3.8) is 0 Å². The zero-order valence-electron chi connectivity index (χ0n) is 23.4. The summed E-state index contributed by atoms with van der Waals surface area (Å²) in [6.07, 6.45) is 10.5. The van der Waals surface area contributed by atoms with Gasteiger partial charge in [0.2, 0.25) is 5.91 Å². The van der Waals surface area contributed by atoms with Crippen molar-refractivity contribution in [2.24, 2.45) is 5.92 Å². The molecule has 10 heteroatoms. The monoisotopic (exact) mass is 560 g/mol. The molecule has 2 aromatic heterocycles. The van der Waals surface area contributed by atoms with Crippen molar-refractivity contribution in [1.82, 2.24) is 25.1 Å². The molecule has 1 amide bonds. The molecule has 1 aromatic carbocycles. The maximum absolute atomic E-state index is 12.5. The fraction of sp³-hybridized carbons (Fsp3) is 0.533. The molecule has 2 aliphatic heterocycles. The number of aromatic amines is 1. The zero-order chi connectivity index (χ0) is 27.3. The van der Waals surface area contributed by atoms with Crippen molar-refractivity contribution in [3.05, 3.63) is 42.1 Å². The molecule has 3 N–H and O–H groups in total. The third kappa shape index (κ3) is 6.96. The second kappa shape index (κ2) is 12.6. The summed E-state index contributed by atoms with van der Waals surface area (Å²) in [6.45, 7) is 6.48. The number of aryl methyl sites for hydroxylation is 1. The zero-order valence-corrected chi connectivity index (χ0v) is 24.2. The van der Waals surface area contributed by atoms with Gasteiger partial charge in [-0.3, -0.25) is 9.89 Å². The van der Waals surface area contributed by atoms with Gasteiger partial charge in [-0.05, 0) is 100 Å². The quantitative estimate of drug-likeness (QED) is 0.275. The largest absolute Gasteiger partial charge is 0.356 e. The highest BCUT2D eigenvalue weighted by atomic mass is 32.2. The first kappa shape index (κ1) is 27.1. The van der Waals surface area contributed by atoms with Crippen molar-refractivity contribution >= 4 is 40.8 Å². The van der Waals surface area contributed by atoms with Gasteiger partial charge >= 0.3 is 0 Å². The molecule has 0 unspecified atom stereocenters. The molecular formula is C30H40N8OS. The molecule has 1 saturated carbocycles. The molecule has 0 spiro atoms. The second-order valence-corrected chi connectivity index (χ2v) is 12.5. The first-order valence-corrected chi connectivity index (χ1v) is 15.6. The molecule has 3 fully saturated rings. The number of anilines is 4. The van der Waals surface area contributed by atoms with Crippen LogP contribution in [0.15, 0.2) is 46.5 Å². The van der Waals surface area contributed by atoms with Crippen molar-refractivity contribution in [3.8, 4) is 0 Å². The van der Waals surface area contributed by atoms with Crippen LogP contribution in [0.1, 0.15) is 63.5 Å². The molecule has 3 aliphatic rings. The minimum Gasteiger partial charge on any atom is -0.356 e. The van der Waals surface area contributed by atoms with E-state index in [0.29, 0.717) is 23.5 Å². The van der Waals surface area contributed by atoms with Gasteiger partial charge in [-0.1, -0.05) is 12.8 Å². The second-order valence-electron chi connectivity index (χ2n) is 11.4. The van der Waals surface area contributed by atoms with E-state index in [4.69, 9.17) is 9.97 Å². The van der Waals surface area contributed by atoms with Crippen LogP contribution in [-0.2, 0) is 4.79 Å². The summed E-state index contributed by atoms with van der Waals surface area (Å²) >= 11 is 1.53. The third-order valence-corrected chi connectivity index (χ3v) is 9.27. The van der Waals surface area contributed by atoms with Gasteiger partial charge in [0.05, 0.1) is 0 Å².